The highest BCUT2D eigenvalue weighted by atomic mass is 35.5. The van der Waals surface area contributed by atoms with Gasteiger partial charge in [0.15, 0.2) is 0 Å². The molecule has 1 fully saturated rings. The van der Waals surface area contributed by atoms with E-state index in [0.29, 0.717) is 19.6 Å². The number of carbonyl (C=O) groups is 1. The molecule has 124 valence electrons. The van der Waals surface area contributed by atoms with Crippen LogP contribution in [0.3, 0.4) is 0 Å². The molecule has 5 heteroatoms. The van der Waals surface area contributed by atoms with Crippen molar-refractivity contribution in [3.05, 3.63) is 48.0 Å². The van der Waals surface area contributed by atoms with Crippen molar-refractivity contribution in [2.45, 2.75) is 19.0 Å². The van der Waals surface area contributed by atoms with Crippen molar-refractivity contribution in [1.29, 1.82) is 0 Å². The first-order chi connectivity index (χ1) is 10.7. The number of nitrogens with zero attached hydrogens (tertiary/aromatic N) is 1. The summed E-state index contributed by atoms with van der Waals surface area (Å²) < 4.78 is 5.41. The molecule has 1 N–H and O–H groups in total. The van der Waals surface area contributed by atoms with Gasteiger partial charge in [-0.15, -0.1) is 12.4 Å². The first-order valence-electron chi connectivity index (χ1n) is 7.76. The topological polar surface area (TPSA) is 41.6 Å². The van der Waals surface area contributed by atoms with E-state index in [-0.39, 0.29) is 24.4 Å². The highest BCUT2D eigenvalue weighted by molar-refractivity contribution is 5.86. The Morgan fingerprint density at radius 1 is 1.26 bits per heavy atom. The molecule has 1 saturated heterocycles. The molecule has 1 atom stereocenters. The molecule has 2 aromatic rings. The third-order valence-corrected chi connectivity index (χ3v) is 4.13. The third-order valence-electron chi connectivity index (χ3n) is 4.13. The second-order valence-electron chi connectivity index (χ2n) is 5.82. The number of halogens is 1. The molecule has 0 aliphatic carbocycles. The second-order valence-corrected chi connectivity index (χ2v) is 5.82. The number of morpholine rings is 1. The van der Waals surface area contributed by atoms with Gasteiger partial charge in [0.2, 0.25) is 5.91 Å². The predicted molar refractivity (Wildman–Crippen MR) is 94.9 cm³/mol. The van der Waals surface area contributed by atoms with Crippen molar-refractivity contribution in [2.24, 2.45) is 0 Å². The van der Waals surface area contributed by atoms with Crippen molar-refractivity contribution < 1.29 is 9.53 Å². The Balaban J connectivity index is 0.00000192. The zero-order valence-corrected chi connectivity index (χ0v) is 14.1. The van der Waals surface area contributed by atoms with Gasteiger partial charge in [-0.25, -0.2) is 0 Å². The van der Waals surface area contributed by atoms with Crippen LogP contribution < -0.4 is 5.32 Å². The molecule has 1 aliphatic heterocycles. The number of nitrogens with one attached hydrogen (secondary N) is 1. The highest BCUT2D eigenvalue weighted by Crippen LogP contribution is 2.20. The third kappa shape index (κ3) is 4.44. The zero-order chi connectivity index (χ0) is 15.4. The first kappa shape index (κ1) is 17.7. The van der Waals surface area contributed by atoms with Crippen LogP contribution in [0.15, 0.2) is 42.5 Å². The molecule has 3 rings (SSSR count). The quantitative estimate of drug-likeness (QED) is 0.934. The molecular formula is C18H23ClN2O2. The summed E-state index contributed by atoms with van der Waals surface area (Å²) in [6, 6.07) is 14.7. The molecule has 0 bridgehead atoms. The monoisotopic (exact) mass is 334 g/mol. The van der Waals surface area contributed by atoms with E-state index in [9.17, 15) is 4.79 Å². The van der Waals surface area contributed by atoms with Gasteiger partial charge in [0, 0.05) is 32.6 Å². The van der Waals surface area contributed by atoms with Crippen molar-refractivity contribution in [1.82, 2.24) is 10.2 Å². The van der Waals surface area contributed by atoms with E-state index in [1.807, 2.05) is 25.2 Å². The molecule has 1 amide bonds. The molecule has 0 aromatic heterocycles. The molecule has 1 aliphatic rings. The Morgan fingerprint density at radius 2 is 2.04 bits per heavy atom. The van der Waals surface area contributed by atoms with E-state index in [0.717, 1.165) is 13.2 Å². The number of fused-ring (bicyclic) bond motifs is 1. The van der Waals surface area contributed by atoms with Crippen molar-refractivity contribution in [3.8, 4) is 0 Å². The van der Waals surface area contributed by atoms with E-state index in [4.69, 9.17) is 4.74 Å². The van der Waals surface area contributed by atoms with E-state index >= 15 is 0 Å². The summed E-state index contributed by atoms with van der Waals surface area (Å²) in [6.07, 6.45) is 0.487. The SMILES string of the molecule is CN(Cc1cccc2ccccc12)C(=O)CC1COCCN1.Cl. The van der Waals surface area contributed by atoms with Gasteiger partial charge >= 0.3 is 0 Å². The minimum absolute atomic E-state index is 0. The smallest absolute Gasteiger partial charge is 0.224 e. The van der Waals surface area contributed by atoms with Crippen LogP contribution in [-0.2, 0) is 16.1 Å². The van der Waals surface area contributed by atoms with Crippen molar-refractivity contribution in [3.63, 3.8) is 0 Å². The number of amides is 1. The lowest BCUT2D eigenvalue weighted by Gasteiger charge is -2.26. The minimum atomic E-state index is 0. The van der Waals surface area contributed by atoms with Crippen LogP contribution in [0, 0.1) is 0 Å². The molecule has 0 saturated carbocycles. The molecule has 2 aromatic carbocycles. The Bertz CT molecular complexity index is 651. The van der Waals surface area contributed by atoms with Gasteiger partial charge in [-0.2, -0.15) is 0 Å². The largest absolute Gasteiger partial charge is 0.378 e. The Labute approximate surface area is 143 Å². The number of benzene rings is 2. The zero-order valence-electron chi connectivity index (χ0n) is 13.3. The standard InChI is InChI=1S/C18H22N2O2.ClH/c1-20(18(21)11-16-13-22-10-9-19-16)12-15-7-4-6-14-5-2-3-8-17(14)15;/h2-8,16,19H,9-13H2,1H3;1H. The van der Waals surface area contributed by atoms with Crippen LogP contribution in [0.4, 0.5) is 0 Å². The Hall–Kier alpha value is -1.62. The van der Waals surface area contributed by atoms with Gasteiger partial charge in [-0.3, -0.25) is 4.79 Å². The summed E-state index contributed by atoms with van der Waals surface area (Å²) in [4.78, 5) is 14.2. The summed E-state index contributed by atoms with van der Waals surface area (Å²) in [5.41, 5.74) is 1.18. The molecular weight excluding hydrogens is 312 g/mol. The van der Waals surface area contributed by atoms with Gasteiger partial charge in [0.05, 0.1) is 13.2 Å². The lowest BCUT2D eigenvalue weighted by Crippen LogP contribution is -2.44. The maximum atomic E-state index is 12.4. The molecule has 0 spiro atoms. The summed E-state index contributed by atoms with van der Waals surface area (Å²) in [5.74, 6) is 0.149. The number of carbonyl (C=O) groups excluding carboxylic acids is 1. The number of hydrogen-bond donors (Lipinski definition) is 1. The highest BCUT2D eigenvalue weighted by Gasteiger charge is 2.19. The van der Waals surface area contributed by atoms with Crippen LogP contribution in [0.5, 0.6) is 0 Å². The average Bonchev–Trinajstić information content (AvgIpc) is 2.56. The Morgan fingerprint density at radius 3 is 2.83 bits per heavy atom. The fourth-order valence-electron chi connectivity index (χ4n) is 2.89. The fourth-order valence-corrected chi connectivity index (χ4v) is 2.89. The van der Waals surface area contributed by atoms with Gasteiger partial charge < -0.3 is 15.0 Å². The number of rotatable bonds is 4. The summed E-state index contributed by atoms with van der Waals surface area (Å²) >= 11 is 0. The number of ether oxygens (including phenoxy) is 1. The molecule has 23 heavy (non-hydrogen) atoms. The van der Waals surface area contributed by atoms with E-state index < -0.39 is 0 Å². The van der Waals surface area contributed by atoms with Crippen LogP contribution in [-0.4, -0.2) is 43.7 Å². The summed E-state index contributed by atoms with van der Waals surface area (Å²) in [7, 11) is 1.87. The lowest BCUT2D eigenvalue weighted by molar-refractivity contribution is -0.131. The molecule has 1 heterocycles. The normalized spacial score (nSPS) is 17.5. The maximum absolute atomic E-state index is 12.4. The van der Waals surface area contributed by atoms with E-state index in [1.54, 1.807) is 4.90 Å². The van der Waals surface area contributed by atoms with Gasteiger partial charge in [-0.05, 0) is 16.3 Å². The number of hydrogen-bond acceptors (Lipinski definition) is 3. The predicted octanol–water partition coefficient (Wildman–Crippen LogP) is 2.60. The van der Waals surface area contributed by atoms with E-state index in [1.165, 1.54) is 16.3 Å². The molecule has 1 unspecified atom stereocenters. The van der Waals surface area contributed by atoms with Crippen molar-refractivity contribution in [2.75, 3.05) is 26.8 Å². The minimum Gasteiger partial charge on any atom is -0.378 e. The lowest BCUT2D eigenvalue weighted by atomic mass is 10.0. The molecule has 0 radical (unpaired) electrons. The summed E-state index contributed by atoms with van der Waals surface area (Å²) in [6.45, 7) is 2.81. The summed E-state index contributed by atoms with van der Waals surface area (Å²) in [5, 5.41) is 5.75. The van der Waals surface area contributed by atoms with Crippen LogP contribution in [0.2, 0.25) is 0 Å². The van der Waals surface area contributed by atoms with Crippen LogP contribution >= 0.6 is 12.4 Å². The maximum Gasteiger partial charge on any atom is 0.224 e. The fraction of sp³-hybridized carbons (Fsp3) is 0.389. The first-order valence-corrected chi connectivity index (χ1v) is 7.76. The second kappa shape index (κ2) is 8.29. The Kier molecular flexibility index (Phi) is 6.39. The van der Waals surface area contributed by atoms with Gasteiger partial charge in [0.1, 0.15) is 0 Å². The molecule has 4 nitrogen and oxygen atoms in total. The van der Waals surface area contributed by atoms with Gasteiger partial charge in [-0.1, -0.05) is 42.5 Å². The van der Waals surface area contributed by atoms with Crippen LogP contribution in [0.1, 0.15) is 12.0 Å². The van der Waals surface area contributed by atoms with Gasteiger partial charge in [0.25, 0.3) is 0 Å². The van der Waals surface area contributed by atoms with E-state index in [2.05, 4.69) is 29.6 Å². The average molecular weight is 335 g/mol. The van der Waals surface area contributed by atoms with Crippen molar-refractivity contribution >= 4 is 29.1 Å². The van der Waals surface area contributed by atoms with Crippen LogP contribution in [0.25, 0.3) is 10.8 Å².